The van der Waals surface area contributed by atoms with Crippen LogP contribution in [-0.4, -0.2) is 6.73 Å². The van der Waals surface area contributed by atoms with Crippen LogP contribution >= 0.6 is 34.8 Å². The Labute approximate surface area is 164 Å². The Morgan fingerprint density at radius 1 is 1.12 bits per heavy atom. The quantitative estimate of drug-likeness (QED) is 0.510. The Morgan fingerprint density at radius 3 is 2.69 bits per heavy atom. The Balaban J connectivity index is 1.90. The van der Waals surface area contributed by atoms with E-state index in [9.17, 15) is 4.79 Å². The monoisotopic (exact) mass is 409 g/mol. The summed E-state index contributed by atoms with van der Waals surface area (Å²) in [4.78, 5) is 13.9. The van der Waals surface area contributed by atoms with Gasteiger partial charge in [-0.1, -0.05) is 41.7 Å². The van der Waals surface area contributed by atoms with Crippen molar-refractivity contribution in [1.29, 1.82) is 0 Å². The first-order valence-electron chi connectivity index (χ1n) is 8.09. The number of anilines is 1. The number of fused-ring (bicyclic) bond motifs is 3. The van der Waals surface area contributed by atoms with Gasteiger partial charge in [0.2, 0.25) is 0 Å². The minimum atomic E-state index is -0.392. The number of ether oxygens (including phenoxy) is 1. The summed E-state index contributed by atoms with van der Waals surface area (Å²) in [7, 11) is 0. The molecule has 4 nitrogen and oxygen atoms in total. The SMILES string of the molecule is CCc1cc(=O)oc2c3c(c(Cl)cc12)OCN(c1cc(Cl)ccc1Cl)C3. The lowest BCUT2D eigenvalue weighted by Gasteiger charge is -2.32. The van der Waals surface area contributed by atoms with Gasteiger partial charge in [0.15, 0.2) is 6.73 Å². The maximum absolute atomic E-state index is 12.0. The van der Waals surface area contributed by atoms with Crippen LogP contribution in [0, 0.1) is 0 Å². The van der Waals surface area contributed by atoms with Crippen LogP contribution in [0.2, 0.25) is 15.1 Å². The van der Waals surface area contributed by atoms with Gasteiger partial charge in [-0.2, -0.15) is 0 Å². The minimum absolute atomic E-state index is 0.260. The fourth-order valence-corrected chi connectivity index (χ4v) is 3.91. The fraction of sp³-hybridized carbons (Fsp3) is 0.211. The van der Waals surface area contributed by atoms with E-state index in [4.69, 9.17) is 44.0 Å². The number of hydrogen-bond acceptors (Lipinski definition) is 4. The molecule has 1 aliphatic heterocycles. The number of hydrogen-bond donors (Lipinski definition) is 0. The highest BCUT2D eigenvalue weighted by Crippen LogP contribution is 2.41. The van der Waals surface area contributed by atoms with Crippen molar-refractivity contribution in [3.8, 4) is 5.75 Å². The molecule has 3 aromatic rings. The molecule has 0 fully saturated rings. The van der Waals surface area contributed by atoms with E-state index < -0.39 is 5.63 Å². The average Bonchev–Trinajstić information content (AvgIpc) is 2.63. The van der Waals surface area contributed by atoms with Gasteiger partial charge in [-0.3, -0.25) is 0 Å². The third-order valence-corrected chi connectivity index (χ3v) is 5.30. The Hall–Kier alpha value is -1.88. The van der Waals surface area contributed by atoms with Crippen molar-refractivity contribution in [3.63, 3.8) is 0 Å². The summed E-state index contributed by atoms with van der Waals surface area (Å²) in [6.07, 6.45) is 0.696. The van der Waals surface area contributed by atoms with E-state index in [0.29, 0.717) is 39.4 Å². The molecule has 1 aliphatic rings. The summed E-state index contributed by atoms with van der Waals surface area (Å²) in [6.45, 7) is 2.68. The van der Waals surface area contributed by atoms with E-state index in [1.165, 1.54) is 6.07 Å². The van der Waals surface area contributed by atoms with Crippen molar-refractivity contribution in [2.24, 2.45) is 0 Å². The van der Waals surface area contributed by atoms with Crippen molar-refractivity contribution in [1.82, 2.24) is 0 Å². The molecule has 2 heterocycles. The van der Waals surface area contributed by atoms with E-state index in [2.05, 4.69) is 0 Å². The van der Waals surface area contributed by atoms with Gasteiger partial charge in [0.1, 0.15) is 11.3 Å². The van der Waals surface area contributed by atoms with Crippen LogP contribution in [-0.2, 0) is 13.0 Å². The maximum Gasteiger partial charge on any atom is 0.336 e. The molecule has 0 aliphatic carbocycles. The fourth-order valence-electron chi connectivity index (χ4n) is 3.23. The first-order chi connectivity index (χ1) is 12.5. The van der Waals surface area contributed by atoms with E-state index in [1.807, 2.05) is 11.8 Å². The van der Waals surface area contributed by atoms with Crippen molar-refractivity contribution < 1.29 is 9.15 Å². The summed E-state index contributed by atoms with van der Waals surface area (Å²) >= 11 is 18.9. The molecule has 0 unspecified atom stereocenters. The van der Waals surface area contributed by atoms with Gasteiger partial charge < -0.3 is 14.1 Å². The van der Waals surface area contributed by atoms with E-state index in [-0.39, 0.29) is 6.73 Å². The third-order valence-electron chi connectivity index (χ3n) is 4.46. The largest absolute Gasteiger partial charge is 0.471 e. The summed E-state index contributed by atoms with van der Waals surface area (Å²) in [5.74, 6) is 0.532. The second-order valence-electron chi connectivity index (χ2n) is 6.05. The lowest BCUT2D eigenvalue weighted by Crippen LogP contribution is -2.32. The molecular weight excluding hydrogens is 397 g/mol. The van der Waals surface area contributed by atoms with E-state index >= 15 is 0 Å². The van der Waals surface area contributed by atoms with Crippen molar-refractivity contribution in [3.05, 3.63) is 66.9 Å². The Bertz CT molecular complexity index is 1080. The first-order valence-corrected chi connectivity index (χ1v) is 9.22. The van der Waals surface area contributed by atoms with E-state index in [0.717, 1.165) is 22.2 Å². The Morgan fingerprint density at radius 2 is 1.92 bits per heavy atom. The number of nitrogens with zero attached hydrogens (tertiary/aromatic N) is 1. The smallest absolute Gasteiger partial charge is 0.336 e. The molecule has 2 aromatic carbocycles. The van der Waals surface area contributed by atoms with Crippen LogP contribution in [0.5, 0.6) is 5.75 Å². The van der Waals surface area contributed by atoms with Gasteiger partial charge in [0.25, 0.3) is 0 Å². The molecule has 0 radical (unpaired) electrons. The summed E-state index contributed by atoms with van der Waals surface area (Å²) < 4.78 is 11.4. The molecule has 0 atom stereocenters. The number of aryl methyl sites for hydroxylation is 1. The van der Waals surface area contributed by atoms with Crippen LogP contribution in [0.15, 0.2) is 39.5 Å². The number of rotatable bonds is 2. The molecule has 0 bridgehead atoms. The standard InChI is InChI=1S/C19H14Cl3NO3/c1-2-10-5-17(24)26-18-12(10)7-15(22)19-13(18)8-23(9-25-19)16-6-11(20)3-4-14(16)21/h3-7H,2,8-9H2,1H3. The molecule has 0 N–H and O–H groups in total. The lowest BCUT2D eigenvalue weighted by atomic mass is 10.0. The zero-order chi connectivity index (χ0) is 18.4. The lowest BCUT2D eigenvalue weighted by molar-refractivity contribution is 0.289. The molecule has 26 heavy (non-hydrogen) atoms. The predicted octanol–water partition coefficient (Wildman–Crippen LogP) is 5.67. The molecule has 0 saturated carbocycles. The predicted molar refractivity (Wildman–Crippen MR) is 105 cm³/mol. The summed E-state index contributed by atoms with van der Waals surface area (Å²) in [5.41, 5.74) is 2.46. The van der Waals surface area contributed by atoms with Gasteiger partial charge >= 0.3 is 5.63 Å². The van der Waals surface area contributed by atoms with Gasteiger partial charge in [-0.15, -0.1) is 0 Å². The molecule has 0 saturated heterocycles. The van der Waals surface area contributed by atoms with Crippen molar-refractivity contribution in [2.45, 2.75) is 19.9 Å². The highest BCUT2D eigenvalue weighted by Gasteiger charge is 2.26. The van der Waals surface area contributed by atoms with Gasteiger partial charge in [0, 0.05) is 16.5 Å². The second-order valence-corrected chi connectivity index (χ2v) is 7.30. The minimum Gasteiger partial charge on any atom is -0.471 e. The average molecular weight is 411 g/mol. The molecule has 134 valence electrons. The van der Waals surface area contributed by atoms with Crippen LogP contribution in [0.3, 0.4) is 0 Å². The summed E-state index contributed by atoms with van der Waals surface area (Å²) in [5, 5.41) is 2.45. The zero-order valence-corrected chi connectivity index (χ0v) is 16.1. The van der Waals surface area contributed by atoms with Crippen LogP contribution in [0.1, 0.15) is 18.1 Å². The number of halogens is 3. The molecular formula is C19H14Cl3NO3. The topological polar surface area (TPSA) is 42.7 Å². The van der Waals surface area contributed by atoms with Crippen LogP contribution < -0.4 is 15.3 Å². The summed E-state index contributed by atoms with van der Waals surface area (Å²) in [6, 6.07) is 8.53. The zero-order valence-electron chi connectivity index (χ0n) is 13.8. The normalized spacial score (nSPS) is 13.6. The van der Waals surface area contributed by atoms with Crippen molar-refractivity contribution in [2.75, 3.05) is 11.6 Å². The molecule has 1 aromatic heterocycles. The van der Waals surface area contributed by atoms with E-state index in [1.54, 1.807) is 24.3 Å². The first kappa shape index (κ1) is 17.5. The Kier molecular flexibility index (Phi) is 4.51. The number of benzene rings is 2. The third kappa shape index (κ3) is 2.92. The van der Waals surface area contributed by atoms with Gasteiger partial charge in [-0.25, -0.2) is 4.79 Å². The molecule has 7 heteroatoms. The molecule has 0 spiro atoms. The highest BCUT2D eigenvalue weighted by molar-refractivity contribution is 6.35. The maximum atomic E-state index is 12.0. The van der Waals surface area contributed by atoms with Crippen LogP contribution in [0.25, 0.3) is 11.0 Å². The molecule has 0 amide bonds. The van der Waals surface area contributed by atoms with Gasteiger partial charge in [-0.05, 0) is 36.2 Å². The van der Waals surface area contributed by atoms with Crippen LogP contribution in [0.4, 0.5) is 5.69 Å². The highest BCUT2D eigenvalue weighted by atomic mass is 35.5. The van der Waals surface area contributed by atoms with Crippen molar-refractivity contribution >= 4 is 51.5 Å². The van der Waals surface area contributed by atoms with Gasteiger partial charge in [0.05, 0.1) is 27.8 Å². The second kappa shape index (κ2) is 6.69. The molecule has 4 rings (SSSR count).